The largest absolute Gasteiger partial charge is 0.469 e. The molecule has 3 nitrogen and oxygen atoms in total. The summed E-state index contributed by atoms with van der Waals surface area (Å²) in [5, 5.41) is 0. The van der Waals surface area contributed by atoms with Gasteiger partial charge in [0.2, 0.25) is 0 Å². The van der Waals surface area contributed by atoms with Crippen molar-refractivity contribution < 1.29 is 9.53 Å². The average Bonchev–Trinajstić information content (AvgIpc) is 1.86. The molecule has 0 amide bonds. The molecule has 0 aliphatic carbocycles. The summed E-state index contributed by atoms with van der Waals surface area (Å²) >= 11 is 0. The number of hydrogen-bond acceptors (Lipinski definition) is 3. The summed E-state index contributed by atoms with van der Waals surface area (Å²) < 4.78 is 4.52. The molecule has 0 spiro atoms. The van der Waals surface area contributed by atoms with Crippen LogP contribution in [0.3, 0.4) is 0 Å². The van der Waals surface area contributed by atoms with E-state index in [1.807, 2.05) is 20.8 Å². The van der Waals surface area contributed by atoms with E-state index in [0.717, 1.165) is 0 Å². The number of nitrogens with two attached hydrogens (primary N) is 1. The minimum atomic E-state index is -0.451. The van der Waals surface area contributed by atoms with Crippen molar-refractivity contribution in [2.45, 2.75) is 32.7 Å². The predicted molar refractivity (Wildman–Crippen MR) is 51.3 cm³/mol. The molecule has 0 bridgehead atoms. The molecule has 12 heavy (non-hydrogen) atoms. The SMILES string of the molecule is COC(=O)C[C@@](C)(N)C(C)C.Cl. The molecule has 0 aromatic heterocycles. The highest BCUT2D eigenvalue weighted by molar-refractivity contribution is 5.85. The van der Waals surface area contributed by atoms with Gasteiger partial charge in [-0.05, 0) is 12.8 Å². The molecular formula is C8H18ClNO2. The van der Waals surface area contributed by atoms with Crippen LogP contribution in [0.25, 0.3) is 0 Å². The number of esters is 1. The van der Waals surface area contributed by atoms with E-state index in [9.17, 15) is 4.79 Å². The fraction of sp³-hybridized carbons (Fsp3) is 0.875. The van der Waals surface area contributed by atoms with E-state index >= 15 is 0 Å². The van der Waals surface area contributed by atoms with Crippen molar-refractivity contribution in [1.29, 1.82) is 0 Å². The summed E-state index contributed by atoms with van der Waals surface area (Å²) in [6, 6.07) is 0. The van der Waals surface area contributed by atoms with Crippen LogP contribution < -0.4 is 5.73 Å². The summed E-state index contributed by atoms with van der Waals surface area (Å²) in [6.45, 7) is 5.83. The third-order valence-corrected chi connectivity index (χ3v) is 2.07. The van der Waals surface area contributed by atoms with Crippen LogP contribution in [-0.2, 0) is 9.53 Å². The number of carbonyl (C=O) groups is 1. The van der Waals surface area contributed by atoms with Gasteiger partial charge in [0.15, 0.2) is 0 Å². The van der Waals surface area contributed by atoms with E-state index in [1.165, 1.54) is 7.11 Å². The van der Waals surface area contributed by atoms with E-state index in [4.69, 9.17) is 5.73 Å². The molecule has 0 saturated carbocycles. The van der Waals surface area contributed by atoms with Crippen LogP contribution in [-0.4, -0.2) is 18.6 Å². The maximum atomic E-state index is 10.8. The monoisotopic (exact) mass is 195 g/mol. The van der Waals surface area contributed by atoms with Crippen LogP contribution in [0.2, 0.25) is 0 Å². The number of halogens is 1. The van der Waals surface area contributed by atoms with Crippen LogP contribution >= 0.6 is 12.4 Å². The van der Waals surface area contributed by atoms with Gasteiger partial charge in [0.05, 0.1) is 13.5 Å². The van der Waals surface area contributed by atoms with Gasteiger partial charge in [0.1, 0.15) is 0 Å². The van der Waals surface area contributed by atoms with Gasteiger partial charge in [-0.2, -0.15) is 0 Å². The first-order valence-electron chi connectivity index (χ1n) is 3.76. The van der Waals surface area contributed by atoms with E-state index in [2.05, 4.69) is 4.74 Å². The molecule has 4 heteroatoms. The molecule has 0 unspecified atom stereocenters. The fourth-order valence-corrected chi connectivity index (χ4v) is 0.587. The van der Waals surface area contributed by atoms with Crippen molar-refractivity contribution >= 4 is 18.4 Å². The lowest BCUT2D eigenvalue weighted by Gasteiger charge is -2.27. The predicted octanol–water partition coefficient (Wildman–Crippen LogP) is 1.34. The first kappa shape index (κ1) is 14.3. The Morgan fingerprint density at radius 1 is 1.58 bits per heavy atom. The Morgan fingerprint density at radius 3 is 2.25 bits per heavy atom. The molecular weight excluding hydrogens is 178 g/mol. The molecule has 2 N–H and O–H groups in total. The first-order chi connectivity index (χ1) is 4.90. The summed E-state index contributed by atoms with van der Waals surface area (Å²) in [7, 11) is 1.37. The quantitative estimate of drug-likeness (QED) is 0.692. The van der Waals surface area contributed by atoms with Gasteiger partial charge in [-0.15, -0.1) is 12.4 Å². The van der Waals surface area contributed by atoms with Gasteiger partial charge in [-0.3, -0.25) is 4.79 Å². The Hall–Kier alpha value is -0.280. The zero-order valence-corrected chi connectivity index (χ0v) is 8.90. The molecule has 0 aliphatic heterocycles. The molecule has 74 valence electrons. The third-order valence-electron chi connectivity index (χ3n) is 2.07. The highest BCUT2D eigenvalue weighted by Gasteiger charge is 2.26. The number of carbonyl (C=O) groups excluding carboxylic acids is 1. The Kier molecular flexibility index (Phi) is 6.39. The number of methoxy groups -OCH3 is 1. The van der Waals surface area contributed by atoms with E-state index in [-0.39, 0.29) is 30.7 Å². The van der Waals surface area contributed by atoms with E-state index in [0.29, 0.717) is 0 Å². The molecule has 0 radical (unpaired) electrons. The Morgan fingerprint density at radius 2 is 2.00 bits per heavy atom. The summed E-state index contributed by atoms with van der Waals surface area (Å²) in [4.78, 5) is 10.8. The standard InChI is InChI=1S/C8H17NO2.ClH/c1-6(2)8(3,9)5-7(10)11-4;/h6H,5,9H2,1-4H3;1H/t8-;/m1./s1. The topological polar surface area (TPSA) is 52.3 Å². The summed E-state index contributed by atoms with van der Waals surface area (Å²) in [5.74, 6) is 0.0327. The second-order valence-corrected chi connectivity index (χ2v) is 3.41. The van der Waals surface area contributed by atoms with Gasteiger partial charge in [0, 0.05) is 5.54 Å². The first-order valence-corrected chi connectivity index (χ1v) is 3.76. The minimum Gasteiger partial charge on any atom is -0.469 e. The third kappa shape index (κ3) is 4.57. The Balaban J connectivity index is 0. The lowest BCUT2D eigenvalue weighted by atomic mass is 9.86. The van der Waals surface area contributed by atoms with Gasteiger partial charge < -0.3 is 10.5 Å². The maximum Gasteiger partial charge on any atom is 0.307 e. The molecule has 0 fully saturated rings. The normalized spacial score (nSPS) is 14.8. The average molecular weight is 196 g/mol. The lowest BCUT2D eigenvalue weighted by molar-refractivity contribution is -0.142. The highest BCUT2D eigenvalue weighted by atomic mass is 35.5. The van der Waals surface area contributed by atoms with Gasteiger partial charge in [-0.1, -0.05) is 13.8 Å². The second-order valence-electron chi connectivity index (χ2n) is 3.41. The van der Waals surface area contributed by atoms with Gasteiger partial charge in [-0.25, -0.2) is 0 Å². The Labute approximate surface area is 80.1 Å². The molecule has 0 aliphatic rings. The van der Waals surface area contributed by atoms with Crippen molar-refractivity contribution in [3.05, 3.63) is 0 Å². The van der Waals surface area contributed by atoms with Crippen LogP contribution in [0.15, 0.2) is 0 Å². The molecule has 0 rings (SSSR count). The number of rotatable bonds is 3. The maximum absolute atomic E-state index is 10.8. The van der Waals surface area contributed by atoms with Crippen molar-refractivity contribution in [2.24, 2.45) is 11.7 Å². The van der Waals surface area contributed by atoms with Crippen LogP contribution in [0.4, 0.5) is 0 Å². The van der Waals surface area contributed by atoms with Crippen molar-refractivity contribution in [3.63, 3.8) is 0 Å². The number of hydrogen-bond donors (Lipinski definition) is 1. The summed E-state index contributed by atoms with van der Waals surface area (Å²) in [6.07, 6.45) is 0.279. The minimum absolute atomic E-state index is 0. The van der Waals surface area contributed by atoms with Crippen LogP contribution in [0, 0.1) is 5.92 Å². The van der Waals surface area contributed by atoms with E-state index < -0.39 is 5.54 Å². The number of ether oxygens (including phenoxy) is 1. The fourth-order valence-electron chi connectivity index (χ4n) is 0.587. The highest BCUT2D eigenvalue weighted by Crippen LogP contribution is 2.17. The van der Waals surface area contributed by atoms with Gasteiger partial charge >= 0.3 is 5.97 Å². The lowest BCUT2D eigenvalue weighted by Crippen LogP contribution is -2.43. The van der Waals surface area contributed by atoms with Crippen LogP contribution in [0.5, 0.6) is 0 Å². The van der Waals surface area contributed by atoms with Crippen LogP contribution in [0.1, 0.15) is 27.2 Å². The van der Waals surface area contributed by atoms with Crippen molar-refractivity contribution in [1.82, 2.24) is 0 Å². The molecule has 0 aromatic rings. The molecule has 1 atom stereocenters. The van der Waals surface area contributed by atoms with Crippen molar-refractivity contribution in [2.75, 3.05) is 7.11 Å². The van der Waals surface area contributed by atoms with Crippen molar-refractivity contribution in [3.8, 4) is 0 Å². The molecule has 0 aromatic carbocycles. The second kappa shape index (κ2) is 5.38. The smallest absolute Gasteiger partial charge is 0.307 e. The van der Waals surface area contributed by atoms with Gasteiger partial charge in [0.25, 0.3) is 0 Å². The Bertz CT molecular complexity index is 146. The molecule has 0 heterocycles. The zero-order chi connectivity index (χ0) is 9.07. The zero-order valence-electron chi connectivity index (χ0n) is 8.09. The molecule has 0 saturated heterocycles. The van der Waals surface area contributed by atoms with E-state index in [1.54, 1.807) is 0 Å². The summed E-state index contributed by atoms with van der Waals surface area (Å²) in [5.41, 5.74) is 5.38.